The van der Waals surface area contributed by atoms with E-state index >= 15 is 0 Å². The molecule has 1 amide bonds. The molecule has 0 unspecified atom stereocenters. The molecular weight excluding hydrogens is 389 g/mol. The Morgan fingerprint density at radius 1 is 1.64 bits per heavy atom. The van der Waals surface area contributed by atoms with Crippen LogP contribution in [0.3, 0.4) is 0 Å². The van der Waals surface area contributed by atoms with Gasteiger partial charge in [0.05, 0.1) is 5.91 Å². The summed E-state index contributed by atoms with van der Waals surface area (Å²) in [5.41, 5.74) is 0. The normalized spacial score (nSPS) is 17.2. The summed E-state index contributed by atoms with van der Waals surface area (Å²) in [7, 11) is 1.79. The summed E-state index contributed by atoms with van der Waals surface area (Å²) >= 11 is 0. The first-order valence-electron chi connectivity index (χ1n) is 3.05. The third kappa shape index (κ3) is 5.35. The quantitative estimate of drug-likeness (QED) is 0.543. The van der Waals surface area contributed by atoms with Crippen molar-refractivity contribution in [2.45, 2.75) is 6.42 Å². The van der Waals surface area contributed by atoms with Crippen LogP contribution in [0.25, 0.3) is 5.32 Å². The van der Waals surface area contributed by atoms with Crippen LogP contribution < -0.4 is 0 Å². The molecule has 1 radical (unpaired) electrons. The molecule has 0 aromatic rings. The summed E-state index contributed by atoms with van der Waals surface area (Å²) in [6.45, 7) is 3.02. The summed E-state index contributed by atoms with van der Waals surface area (Å²) in [6, 6.07) is 0. The Bertz CT molecular complexity index is 123. The maximum Gasteiger partial charge on any atom is 0.0611 e. The molecule has 0 aromatic carbocycles. The largest absolute Gasteiger partial charge is 0.812 e. The summed E-state index contributed by atoms with van der Waals surface area (Å²) < 4.78 is 0. The Morgan fingerprint density at radius 2 is 2.27 bits per heavy atom. The Morgan fingerprint density at radius 3 is 2.91 bits per heavy atom. The molecule has 0 aromatic heterocycles. The molecule has 0 aliphatic carbocycles. The van der Waals surface area contributed by atoms with E-state index in [1.165, 1.54) is 6.54 Å². The van der Waals surface area contributed by atoms with Gasteiger partial charge in [0.25, 0.3) is 0 Å². The zero-order chi connectivity index (χ0) is 6.69. The van der Waals surface area contributed by atoms with Crippen LogP contribution >= 0.6 is 0 Å². The van der Waals surface area contributed by atoms with Crippen molar-refractivity contribution < 1.29 is 58.6 Å². The minimum Gasteiger partial charge on any atom is -0.812 e. The van der Waals surface area contributed by atoms with Crippen LogP contribution in [0.4, 0.5) is 0 Å². The second kappa shape index (κ2) is 7.73. The fourth-order valence-corrected chi connectivity index (χ4v) is 0.751. The van der Waals surface area contributed by atoms with E-state index in [1.807, 2.05) is 0 Å². The van der Waals surface area contributed by atoms with E-state index < -0.39 is 0 Å². The number of carbonyl (C=O) groups is 1. The molecule has 1 rings (SSSR count). The van der Waals surface area contributed by atoms with Crippen molar-refractivity contribution in [3.05, 3.63) is 11.9 Å². The molecule has 1 aliphatic heterocycles. The Hall–Kier alpha value is 1.09. The van der Waals surface area contributed by atoms with E-state index in [2.05, 4.69) is 5.32 Å². The summed E-state index contributed by atoms with van der Waals surface area (Å²) in [4.78, 5) is 12.5. The van der Waals surface area contributed by atoms with E-state index in [0.717, 1.165) is 19.5 Å². The summed E-state index contributed by atoms with van der Waals surface area (Å²) in [6.07, 6.45) is 0.985. The molecule has 11 heavy (non-hydrogen) atoms. The molecule has 1 aliphatic rings. The molecule has 0 atom stereocenters. The third-order valence-electron chi connectivity index (χ3n) is 1.36. The molecule has 0 spiro atoms. The number of hydrogen-bond donors (Lipinski definition) is 0. The number of amides is 1. The van der Waals surface area contributed by atoms with Crippen LogP contribution in [0, 0.1) is 6.54 Å². The minimum atomic E-state index is 0. The zero-order valence-electron chi connectivity index (χ0n) is 6.49. The zero-order valence-corrected chi connectivity index (χ0v) is 12.3. The maximum absolute atomic E-state index is 10.8. The minimum absolute atomic E-state index is 0. The van der Waals surface area contributed by atoms with Gasteiger partial charge in [-0.3, -0.25) is 0 Å². The van der Waals surface area contributed by atoms with E-state index in [1.54, 1.807) is 11.9 Å². The average molecular weight is 399 g/mol. The number of likely N-dealkylation sites (N-methyl/N-ethyl adjacent to an activating group) is 1. The number of carbonyl (C=O) groups excluding carboxylic acids is 1. The van der Waals surface area contributed by atoms with Gasteiger partial charge in [-0.2, -0.15) is 6.54 Å². The fraction of sp³-hybridized carbons (Fsp3) is 0.667. The number of nitrogens with zero attached hydrogens (tertiary/aromatic N) is 2. The molecule has 0 N–H and O–H groups in total. The molecule has 3 nitrogen and oxygen atoms in total. The standard InChI is InChI=1S/C6H10N2O.W.Y/c1-8-4-2-3-7-5-6(8)9;;/h5H,2-4H2,1H3;;/q-2;;. The van der Waals surface area contributed by atoms with Gasteiger partial charge in [0.15, 0.2) is 0 Å². The van der Waals surface area contributed by atoms with E-state index in [0.29, 0.717) is 0 Å². The van der Waals surface area contributed by atoms with Gasteiger partial charge in [0.1, 0.15) is 0 Å². The molecule has 61 valence electrons. The van der Waals surface area contributed by atoms with Gasteiger partial charge >= 0.3 is 0 Å². The molecule has 0 bridgehead atoms. The van der Waals surface area contributed by atoms with Gasteiger partial charge in [0.2, 0.25) is 0 Å². The van der Waals surface area contributed by atoms with Gasteiger partial charge in [-0.1, -0.05) is 6.42 Å². The van der Waals surface area contributed by atoms with E-state index in [4.69, 9.17) is 0 Å². The SMILES string of the molecule is CN1CCC[N-][CH-]C1=O.[W].[Y]. The van der Waals surface area contributed by atoms with Crippen molar-refractivity contribution in [2.24, 2.45) is 0 Å². The fourth-order valence-electron chi connectivity index (χ4n) is 0.751. The number of hydrogen-bond acceptors (Lipinski definition) is 1. The third-order valence-corrected chi connectivity index (χ3v) is 1.36. The van der Waals surface area contributed by atoms with E-state index in [-0.39, 0.29) is 59.7 Å². The van der Waals surface area contributed by atoms with Gasteiger partial charge in [-0.15, -0.1) is 0 Å². The van der Waals surface area contributed by atoms with Crippen LogP contribution in [-0.4, -0.2) is 30.9 Å². The second-order valence-electron chi connectivity index (χ2n) is 2.15. The Kier molecular flexibility index (Phi) is 10.3. The molecule has 5 heteroatoms. The first-order chi connectivity index (χ1) is 4.30. The van der Waals surface area contributed by atoms with Gasteiger partial charge in [-0.25, -0.2) is 0 Å². The van der Waals surface area contributed by atoms with Crippen molar-refractivity contribution in [3.8, 4) is 0 Å². The summed E-state index contributed by atoms with van der Waals surface area (Å²) in [5.74, 6) is 0.0208. The van der Waals surface area contributed by atoms with E-state index in [9.17, 15) is 4.79 Å². The predicted octanol–water partition coefficient (Wildman–Crippen LogP) is 0.379. The molecule has 0 saturated carbocycles. The molecule has 1 fully saturated rings. The second-order valence-corrected chi connectivity index (χ2v) is 2.15. The molecular formula is C6H10N2OWY-2. The van der Waals surface area contributed by atoms with Crippen molar-refractivity contribution in [2.75, 3.05) is 20.1 Å². The van der Waals surface area contributed by atoms with Crippen LogP contribution in [0.2, 0.25) is 0 Å². The van der Waals surface area contributed by atoms with Crippen molar-refractivity contribution >= 4 is 5.91 Å². The van der Waals surface area contributed by atoms with Crippen LogP contribution in [-0.2, 0) is 58.6 Å². The van der Waals surface area contributed by atoms with Crippen LogP contribution in [0.5, 0.6) is 0 Å². The first kappa shape index (κ1) is 14.6. The topological polar surface area (TPSA) is 34.4 Å². The van der Waals surface area contributed by atoms with Crippen molar-refractivity contribution in [3.63, 3.8) is 0 Å². The Balaban J connectivity index is 0. The van der Waals surface area contributed by atoms with Gasteiger partial charge < -0.3 is 21.6 Å². The van der Waals surface area contributed by atoms with Crippen LogP contribution in [0.15, 0.2) is 0 Å². The van der Waals surface area contributed by atoms with Gasteiger partial charge in [0, 0.05) is 67.4 Å². The van der Waals surface area contributed by atoms with Crippen LogP contribution in [0.1, 0.15) is 6.42 Å². The first-order valence-corrected chi connectivity index (χ1v) is 3.05. The predicted molar refractivity (Wildman–Crippen MR) is 34.8 cm³/mol. The molecule has 1 heterocycles. The average Bonchev–Trinajstić information content (AvgIpc) is 1.99. The summed E-state index contributed by atoms with van der Waals surface area (Å²) in [5, 5.41) is 3.89. The van der Waals surface area contributed by atoms with Crippen molar-refractivity contribution in [1.82, 2.24) is 4.90 Å². The smallest absolute Gasteiger partial charge is 0.0611 e. The molecule has 1 saturated heterocycles. The Labute approximate surface area is 107 Å². The number of rotatable bonds is 0. The van der Waals surface area contributed by atoms with Gasteiger partial charge in [-0.05, 0) is 0 Å². The van der Waals surface area contributed by atoms with Crippen molar-refractivity contribution in [1.29, 1.82) is 0 Å². The maximum atomic E-state index is 10.8. The monoisotopic (exact) mass is 399 g/mol.